The highest BCUT2D eigenvalue weighted by molar-refractivity contribution is 5.96. The number of anilines is 1. The molecule has 1 atom stereocenters. The third kappa shape index (κ3) is 5.83. The molecule has 0 spiro atoms. The first-order valence-electron chi connectivity index (χ1n) is 8.86. The third-order valence-corrected chi connectivity index (χ3v) is 4.39. The lowest BCUT2D eigenvalue weighted by Gasteiger charge is -2.26. The summed E-state index contributed by atoms with van der Waals surface area (Å²) in [6.45, 7) is 2.19. The van der Waals surface area contributed by atoms with Gasteiger partial charge >= 0.3 is 5.97 Å². The number of carboxylic acid groups (broad SMARTS) is 1. The molecule has 0 aliphatic heterocycles. The number of hydrogen-bond acceptors (Lipinski definition) is 4. The Balaban J connectivity index is 2.07. The van der Waals surface area contributed by atoms with E-state index in [1.807, 2.05) is 6.92 Å². The van der Waals surface area contributed by atoms with Gasteiger partial charge in [-0.2, -0.15) is 0 Å². The Hall–Kier alpha value is -1.92. The second-order valence-corrected chi connectivity index (χ2v) is 6.44. The normalized spacial score (nSPS) is 16.4. The Morgan fingerprint density at radius 3 is 2.56 bits per heavy atom. The molecule has 2 rings (SSSR count). The van der Waals surface area contributed by atoms with E-state index in [4.69, 9.17) is 9.47 Å². The average molecular weight is 349 g/mol. The number of carboxylic acids is 1. The molecule has 6 nitrogen and oxygen atoms in total. The van der Waals surface area contributed by atoms with Crippen LogP contribution in [0, 0.1) is 0 Å². The van der Waals surface area contributed by atoms with Crippen LogP contribution >= 0.6 is 0 Å². The van der Waals surface area contributed by atoms with Gasteiger partial charge in [0.2, 0.25) is 0 Å². The minimum atomic E-state index is -1.04. The Morgan fingerprint density at radius 1 is 1.24 bits per heavy atom. The predicted octanol–water partition coefficient (Wildman–Crippen LogP) is 3.60. The third-order valence-electron chi connectivity index (χ3n) is 4.39. The van der Waals surface area contributed by atoms with Crippen molar-refractivity contribution < 1.29 is 24.2 Å². The van der Waals surface area contributed by atoms with Crippen molar-refractivity contribution in [3.8, 4) is 0 Å². The Bertz CT molecular complexity index is 595. The van der Waals surface area contributed by atoms with Gasteiger partial charge in [0.15, 0.2) is 0 Å². The van der Waals surface area contributed by atoms with Gasteiger partial charge in [-0.3, -0.25) is 4.79 Å². The molecule has 138 valence electrons. The average Bonchev–Trinajstić information content (AvgIpc) is 2.60. The molecule has 0 aromatic heterocycles. The fraction of sp³-hybridized carbons (Fsp3) is 0.579. The molecule has 0 heterocycles. The van der Waals surface area contributed by atoms with Crippen LogP contribution in [0.3, 0.4) is 0 Å². The maximum Gasteiger partial charge on any atom is 0.335 e. The monoisotopic (exact) mass is 349 g/mol. The molecule has 1 aromatic carbocycles. The number of carbonyl (C=O) groups is 2. The van der Waals surface area contributed by atoms with Crippen molar-refractivity contribution in [2.24, 2.45) is 0 Å². The van der Waals surface area contributed by atoms with Crippen molar-refractivity contribution in [1.29, 1.82) is 0 Å². The minimum Gasteiger partial charge on any atom is -0.478 e. The SMILES string of the molecule is CCC(OC1CCCCC1)C(=O)Nc1cc(COC)cc(C(=O)O)c1. The largest absolute Gasteiger partial charge is 0.478 e. The van der Waals surface area contributed by atoms with Gasteiger partial charge in [-0.15, -0.1) is 0 Å². The van der Waals surface area contributed by atoms with Crippen LogP contribution in [0.15, 0.2) is 18.2 Å². The van der Waals surface area contributed by atoms with E-state index in [-0.39, 0.29) is 24.2 Å². The van der Waals surface area contributed by atoms with Crippen LogP contribution < -0.4 is 5.32 Å². The quantitative estimate of drug-likeness (QED) is 0.749. The highest BCUT2D eigenvalue weighted by atomic mass is 16.5. The maximum atomic E-state index is 12.6. The summed E-state index contributed by atoms with van der Waals surface area (Å²) in [5.74, 6) is -1.28. The Kier molecular flexibility index (Phi) is 7.40. The number of rotatable bonds is 8. The number of ether oxygens (including phenoxy) is 2. The molecular formula is C19H27NO5. The lowest BCUT2D eigenvalue weighted by atomic mass is 9.97. The molecule has 1 unspecified atom stereocenters. The molecule has 1 amide bonds. The number of methoxy groups -OCH3 is 1. The fourth-order valence-electron chi connectivity index (χ4n) is 3.14. The fourth-order valence-corrected chi connectivity index (χ4v) is 3.14. The van der Waals surface area contributed by atoms with Crippen molar-refractivity contribution in [2.45, 2.75) is 64.3 Å². The summed E-state index contributed by atoms with van der Waals surface area (Å²) in [5.41, 5.74) is 1.26. The van der Waals surface area contributed by atoms with Crippen LogP contribution in [0.5, 0.6) is 0 Å². The summed E-state index contributed by atoms with van der Waals surface area (Å²) in [5, 5.41) is 12.0. The van der Waals surface area contributed by atoms with Crippen molar-refractivity contribution in [3.63, 3.8) is 0 Å². The zero-order chi connectivity index (χ0) is 18.2. The van der Waals surface area contributed by atoms with E-state index in [1.165, 1.54) is 25.7 Å². The molecule has 0 radical (unpaired) electrons. The molecule has 2 N–H and O–H groups in total. The summed E-state index contributed by atoms with van der Waals surface area (Å²) in [6, 6.07) is 4.71. The second kappa shape index (κ2) is 9.53. The van der Waals surface area contributed by atoms with Crippen LogP contribution in [0.1, 0.15) is 61.4 Å². The maximum absolute atomic E-state index is 12.6. The summed E-state index contributed by atoms with van der Waals surface area (Å²) >= 11 is 0. The van der Waals surface area contributed by atoms with Crippen LogP contribution in [0.2, 0.25) is 0 Å². The summed E-state index contributed by atoms with van der Waals surface area (Å²) < 4.78 is 11.0. The second-order valence-electron chi connectivity index (χ2n) is 6.44. The number of hydrogen-bond donors (Lipinski definition) is 2. The molecule has 1 aromatic rings. The topological polar surface area (TPSA) is 84.9 Å². The van der Waals surface area contributed by atoms with Crippen LogP contribution in [-0.4, -0.2) is 36.3 Å². The number of amides is 1. The molecule has 1 aliphatic rings. The lowest BCUT2D eigenvalue weighted by Crippen LogP contribution is -2.34. The summed E-state index contributed by atoms with van der Waals surface area (Å²) in [4.78, 5) is 23.8. The molecular weight excluding hydrogens is 322 g/mol. The summed E-state index contributed by atoms with van der Waals surface area (Å²) in [6.07, 6.45) is 5.69. The van der Waals surface area contributed by atoms with Gasteiger partial charge < -0.3 is 19.9 Å². The molecule has 1 saturated carbocycles. The number of aromatic carboxylic acids is 1. The van der Waals surface area contributed by atoms with Crippen molar-refractivity contribution >= 4 is 17.6 Å². The molecule has 25 heavy (non-hydrogen) atoms. The zero-order valence-electron chi connectivity index (χ0n) is 14.9. The number of carbonyl (C=O) groups excluding carboxylic acids is 1. The highest BCUT2D eigenvalue weighted by Gasteiger charge is 2.23. The van der Waals surface area contributed by atoms with E-state index in [2.05, 4.69) is 5.32 Å². The standard InChI is InChI=1S/C19H27NO5/c1-3-17(25-16-7-5-4-6-8-16)18(21)20-15-10-13(12-24-2)9-14(11-15)19(22)23/h9-11,16-17H,3-8,12H2,1-2H3,(H,20,21)(H,22,23). The van der Waals surface area contributed by atoms with E-state index in [0.29, 0.717) is 17.7 Å². The van der Waals surface area contributed by atoms with Gasteiger partial charge in [0, 0.05) is 12.8 Å². The molecule has 1 fully saturated rings. The van der Waals surface area contributed by atoms with Gasteiger partial charge in [0.1, 0.15) is 6.10 Å². The summed E-state index contributed by atoms with van der Waals surface area (Å²) in [7, 11) is 1.54. The predicted molar refractivity (Wildman–Crippen MR) is 94.8 cm³/mol. The zero-order valence-corrected chi connectivity index (χ0v) is 14.9. The van der Waals surface area contributed by atoms with E-state index in [1.54, 1.807) is 6.07 Å². The van der Waals surface area contributed by atoms with Crippen molar-refractivity contribution in [2.75, 3.05) is 12.4 Å². The molecule has 0 saturated heterocycles. The van der Waals surface area contributed by atoms with Crippen LogP contribution in [0.4, 0.5) is 5.69 Å². The van der Waals surface area contributed by atoms with E-state index in [0.717, 1.165) is 25.7 Å². The minimum absolute atomic E-state index is 0.117. The van der Waals surface area contributed by atoms with Gasteiger partial charge in [-0.1, -0.05) is 26.2 Å². The smallest absolute Gasteiger partial charge is 0.335 e. The van der Waals surface area contributed by atoms with E-state index < -0.39 is 12.1 Å². The number of benzene rings is 1. The first kappa shape index (κ1) is 19.4. The molecule has 1 aliphatic carbocycles. The van der Waals surface area contributed by atoms with Crippen LogP contribution in [-0.2, 0) is 20.9 Å². The first-order chi connectivity index (χ1) is 12.0. The van der Waals surface area contributed by atoms with Gasteiger partial charge in [-0.05, 0) is 43.0 Å². The van der Waals surface area contributed by atoms with Crippen molar-refractivity contribution in [3.05, 3.63) is 29.3 Å². The van der Waals surface area contributed by atoms with E-state index in [9.17, 15) is 14.7 Å². The van der Waals surface area contributed by atoms with Crippen molar-refractivity contribution in [1.82, 2.24) is 0 Å². The Labute approximate surface area is 148 Å². The lowest BCUT2D eigenvalue weighted by molar-refractivity contribution is -0.132. The van der Waals surface area contributed by atoms with Gasteiger partial charge in [0.05, 0.1) is 18.3 Å². The van der Waals surface area contributed by atoms with Gasteiger partial charge in [-0.25, -0.2) is 4.79 Å². The highest BCUT2D eigenvalue weighted by Crippen LogP contribution is 2.23. The number of nitrogens with one attached hydrogen (secondary N) is 1. The Morgan fingerprint density at radius 2 is 1.96 bits per heavy atom. The van der Waals surface area contributed by atoms with E-state index >= 15 is 0 Å². The van der Waals surface area contributed by atoms with Crippen LogP contribution in [0.25, 0.3) is 0 Å². The molecule has 0 bridgehead atoms. The first-order valence-corrected chi connectivity index (χ1v) is 8.86. The van der Waals surface area contributed by atoms with Gasteiger partial charge in [0.25, 0.3) is 5.91 Å². The molecule has 6 heteroatoms.